The highest BCUT2D eigenvalue weighted by atomic mass is 32.2. The summed E-state index contributed by atoms with van der Waals surface area (Å²) in [5.74, 6) is -0.130. The van der Waals surface area contributed by atoms with Gasteiger partial charge < -0.3 is 9.88 Å². The predicted octanol–water partition coefficient (Wildman–Crippen LogP) is 8.24. The number of nitrogens with one attached hydrogen (secondary N) is 1. The number of amides is 1. The van der Waals surface area contributed by atoms with Gasteiger partial charge in [-0.2, -0.15) is 0 Å². The third-order valence-corrected chi connectivity index (χ3v) is 10.5. The first-order valence-corrected chi connectivity index (χ1v) is 17.4. The molecule has 0 aliphatic rings. The van der Waals surface area contributed by atoms with Crippen LogP contribution in [0.25, 0.3) is 44.2 Å². The minimum atomic E-state index is -3.53. The maximum atomic E-state index is 13.3. The lowest BCUT2D eigenvalue weighted by Crippen LogP contribution is -2.28. The SMILES string of the molecule is Cc1ccc(CC(=O)N(C)c2ccc(-c3cnc4[nH]c5ccc(CS(=O)(=O)c6ccccc6)cc5c4c3-c3ccccc3)cc2)c(C)n1. The highest BCUT2D eigenvalue weighted by molar-refractivity contribution is 7.90. The molecule has 0 spiro atoms. The normalized spacial score (nSPS) is 11.6. The molecule has 238 valence electrons. The van der Waals surface area contributed by atoms with E-state index in [2.05, 4.69) is 22.1 Å². The molecule has 3 aromatic heterocycles. The molecule has 4 aromatic carbocycles. The molecule has 0 saturated carbocycles. The number of aryl methyl sites for hydroxylation is 2. The lowest BCUT2D eigenvalue weighted by atomic mass is 9.92. The van der Waals surface area contributed by atoms with Crippen molar-refractivity contribution in [1.82, 2.24) is 15.0 Å². The number of benzene rings is 4. The van der Waals surface area contributed by atoms with Gasteiger partial charge in [-0.15, -0.1) is 0 Å². The number of anilines is 1. The molecule has 0 bridgehead atoms. The number of carbonyl (C=O) groups excluding carboxylic acids is 1. The minimum absolute atomic E-state index is 0.0200. The second-order valence-electron chi connectivity index (χ2n) is 12.1. The van der Waals surface area contributed by atoms with Gasteiger partial charge in [0.05, 0.1) is 17.1 Å². The molecule has 0 unspecified atom stereocenters. The van der Waals surface area contributed by atoms with Crippen molar-refractivity contribution < 1.29 is 13.2 Å². The summed E-state index contributed by atoms with van der Waals surface area (Å²) >= 11 is 0. The summed E-state index contributed by atoms with van der Waals surface area (Å²) in [6.07, 6.45) is 2.14. The van der Waals surface area contributed by atoms with Crippen molar-refractivity contribution in [3.63, 3.8) is 0 Å². The molecule has 0 aliphatic carbocycles. The van der Waals surface area contributed by atoms with Gasteiger partial charge in [-0.1, -0.05) is 72.8 Å². The number of rotatable bonds is 8. The fourth-order valence-electron chi connectivity index (χ4n) is 6.24. The Balaban J connectivity index is 1.28. The number of H-pyrrole nitrogens is 1. The average molecular weight is 651 g/mol. The van der Waals surface area contributed by atoms with Crippen LogP contribution in [0.4, 0.5) is 5.69 Å². The number of pyridine rings is 2. The van der Waals surface area contributed by atoms with E-state index in [1.165, 1.54) is 0 Å². The molecule has 0 saturated heterocycles. The smallest absolute Gasteiger partial charge is 0.231 e. The lowest BCUT2D eigenvalue weighted by molar-refractivity contribution is -0.117. The van der Waals surface area contributed by atoms with Gasteiger partial charge in [0.1, 0.15) is 5.65 Å². The van der Waals surface area contributed by atoms with Crippen LogP contribution in [0, 0.1) is 13.8 Å². The third-order valence-electron chi connectivity index (χ3n) is 8.82. The second-order valence-corrected chi connectivity index (χ2v) is 14.1. The standard InChI is InChI=1S/C40H34N4O3S/c1-26-14-16-31(27(2)42-26)23-37(45)44(3)32-19-17-29(18-20-32)35-24-41-40-39(38(35)30-10-6-4-7-11-30)34-22-28(15-21-36(34)43-40)25-48(46,47)33-12-8-5-9-13-33/h4-22,24H,23,25H2,1-3H3,(H,41,43). The molecule has 0 atom stereocenters. The zero-order valence-electron chi connectivity index (χ0n) is 26.9. The largest absolute Gasteiger partial charge is 0.339 e. The van der Waals surface area contributed by atoms with Gasteiger partial charge in [-0.25, -0.2) is 13.4 Å². The molecule has 7 nitrogen and oxygen atoms in total. The van der Waals surface area contributed by atoms with Crippen LogP contribution in [0.15, 0.2) is 126 Å². The first-order chi connectivity index (χ1) is 23.2. The Labute approximate surface area is 279 Å². The number of carbonyl (C=O) groups is 1. The van der Waals surface area contributed by atoms with Crippen LogP contribution in [0.3, 0.4) is 0 Å². The first-order valence-electron chi connectivity index (χ1n) is 15.7. The van der Waals surface area contributed by atoms with E-state index in [1.807, 2.05) is 98.9 Å². The third kappa shape index (κ3) is 5.98. The zero-order chi connectivity index (χ0) is 33.4. The van der Waals surface area contributed by atoms with Crippen molar-refractivity contribution in [2.75, 3.05) is 11.9 Å². The van der Waals surface area contributed by atoms with Crippen LogP contribution in [0.5, 0.6) is 0 Å². The van der Waals surface area contributed by atoms with Crippen molar-refractivity contribution in [2.24, 2.45) is 0 Å². The molecule has 1 N–H and O–H groups in total. The Hall–Kier alpha value is -5.60. The molecule has 7 rings (SSSR count). The summed E-state index contributed by atoms with van der Waals surface area (Å²) < 4.78 is 26.5. The maximum absolute atomic E-state index is 13.3. The highest BCUT2D eigenvalue weighted by Gasteiger charge is 2.20. The summed E-state index contributed by atoms with van der Waals surface area (Å²) in [5, 5.41) is 1.83. The quantitative estimate of drug-likeness (QED) is 0.179. The van der Waals surface area contributed by atoms with Crippen LogP contribution >= 0.6 is 0 Å². The number of aromatic nitrogens is 3. The van der Waals surface area contributed by atoms with E-state index in [0.717, 1.165) is 66.8 Å². The summed E-state index contributed by atoms with van der Waals surface area (Å²) in [5.41, 5.74) is 9.68. The van der Waals surface area contributed by atoms with Crippen LogP contribution in [-0.2, 0) is 26.8 Å². The Morgan fingerprint density at radius 2 is 1.52 bits per heavy atom. The number of aromatic amines is 1. The molecular weight excluding hydrogens is 617 g/mol. The van der Waals surface area contributed by atoms with E-state index >= 15 is 0 Å². The number of hydrogen-bond acceptors (Lipinski definition) is 5. The van der Waals surface area contributed by atoms with Gasteiger partial charge >= 0.3 is 0 Å². The van der Waals surface area contributed by atoms with Crippen molar-refractivity contribution in [3.8, 4) is 22.3 Å². The second kappa shape index (κ2) is 12.5. The number of nitrogens with zero attached hydrogens (tertiary/aromatic N) is 3. The molecule has 7 aromatic rings. The molecule has 0 radical (unpaired) electrons. The number of likely N-dealkylation sites (N-methyl/N-ethyl adjacent to an activating group) is 1. The summed E-state index contributed by atoms with van der Waals surface area (Å²) in [4.78, 5) is 28.0. The first kappa shape index (κ1) is 31.0. The Morgan fingerprint density at radius 1 is 0.812 bits per heavy atom. The van der Waals surface area contributed by atoms with E-state index in [4.69, 9.17) is 4.98 Å². The van der Waals surface area contributed by atoms with Crippen molar-refractivity contribution in [1.29, 1.82) is 0 Å². The van der Waals surface area contributed by atoms with Gasteiger partial charge in [0.15, 0.2) is 9.84 Å². The maximum Gasteiger partial charge on any atom is 0.231 e. The van der Waals surface area contributed by atoms with E-state index in [-0.39, 0.29) is 18.1 Å². The molecule has 8 heteroatoms. The van der Waals surface area contributed by atoms with E-state index in [9.17, 15) is 13.2 Å². The molecule has 0 aliphatic heterocycles. The number of hydrogen-bond donors (Lipinski definition) is 1. The number of fused-ring (bicyclic) bond motifs is 3. The van der Waals surface area contributed by atoms with Crippen molar-refractivity contribution >= 4 is 43.4 Å². The van der Waals surface area contributed by atoms with Gasteiger partial charge in [-0.05, 0) is 78.6 Å². The molecule has 0 fully saturated rings. The minimum Gasteiger partial charge on any atom is -0.339 e. The summed E-state index contributed by atoms with van der Waals surface area (Å²) in [6, 6.07) is 36.3. The van der Waals surface area contributed by atoms with E-state index < -0.39 is 9.84 Å². The predicted molar refractivity (Wildman–Crippen MR) is 193 cm³/mol. The van der Waals surface area contributed by atoms with Gasteiger partial charge in [0, 0.05) is 57.7 Å². The molecule has 1 amide bonds. The van der Waals surface area contributed by atoms with Gasteiger partial charge in [0.25, 0.3) is 0 Å². The summed E-state index contributed by atoms with van der Waals surface area (Å²) in [6.45, 7) is 3.87. The molecule has 48 heavy (non-hydrogen) atoms. The van der Waals surface area contributed by atoms with Crippen molar-refractivity contribution in [3.05, 3.63) is 144 Å². The van der Waals surface area contributed by atoms with E-state index in [1.54, 1.807) is 36.2 Å². The van der Waals surface area contributed by atoms with Crippen LogP contribution < -0.4 is 4.90 Å². The van der Waals surface area contributed by atoms with Gasteiger partial charge in [0.2, 0.25) is 5.91 Å². The Morgan fingerprint density at radius 3 is 2.23 bits per heavy atom. The molecule has 3 heterocycles. The fraction of sp³-hybridized carbons (Fsp3) is 0.125. The number of sulfone groups is 1. The molecular formula is C40H34N4O3S. The van der Waals surface area contributed by atoms with Crippen LogP contribution in [-0.4, -0.2) is 36.3 Å². The van der Waals surface area contributed by atoms with Gasteiger partial charge in [-0.3, -0.25) is 9.78 Å². The van der Waals surface area contributed by atoms with E-state index in [0.29, 0.717) is 10.5 Å². The van der Waals surface area contributed by atoms with Crippen LogP contribution in [0.2, 0.25) is 0 Å². The Bertz CT molecular complexity index is 2400. The average Bonchev–Trinajstić information content (AvgIpc) is 3.47. The zero-order valence-corrected chi connectivity index (χ0v) is 27.8. The Kier molecular flexibility index (Phi) is 8.11. The summed E-state index contributed by atoms with van der Waals surface area (Å²) in [7, 11) is -1.74. The topological polar surface area (TPSA) is 96.0 Å². The van der Waals surface area contributed by atoms with Crippen molar-refractivity contribution in [2.45, 2.75) is 30.9 Å². The fourth-order valence-corrected chi connectivity index (χ4v) is 7.60. The lowest BCUT2D eigenvalue weighted by Gasteiger charge is -2.19. The van der Waals surface area contributed by atoms with Crippen LogP contribution in [0.1, 0.15) is 22.5 Å². The highest BCUT2D eigenvalue weighted by Crippen LogP contribution is 2.41. The monoisotopic (exact) mass is 650 g/mol.